The Labute approximate surface area is 226 Å². The summed E-state index contributed by atoms with van der Waals surface area (Å²) < 4.78 is 82.3. The van der Waals surface area contributed by atoms with E-state index in [-0.39, 0.29) is 41.6 Å². The topological polar surface area (TPSA) is 58.9 Å². The molecule has 0 saturated carbocycles. The molecule has 4 aromatic rings. The molecule has 6 nitrogen and oxygen atoms in total. The number of anilines is 1. The number of rotatable bonds is 6. The third-order valence-electron chi connectivity index (χ3n) is 6.65. The molecular weight excluding hydrogens is 493 g/mol. The lowest BCUT2D eigenvalue weighted by Gasteiger charge is -2.34. The molecule has 0 atom stereocenters. The Kier molecular flexibility index (Phi) is 5.48. The number of nitrogens with one attached hydrogen (secondary N) is 1. The van der Waals surface area contributed by atoms with Crippen LogP contribution in [0.25, 0.3) is 5.65 Å². The molecule has 1 N–H and O–H groups in total. The normalized spacial score (nSPS) is 16.8. The monoisotopic (exact) mass is 527 g/mol. The summed E-state index contributed by atoms with van der Waals surface area (Å²) in [5.41, 5.74) is 2.51. The molecule has 2 aromatic carbocycles. The van der Waals surface area contributed by atoms with Crippen LogP contribution in [0.1, 0.15) is 58.5 Å². The number of piperidine rings is 1. The van der Waals surface area contributed by atoms with Crippen molar-refractivity contribution in [1.29, 1.82) is 0 Å². The highest BCUT2D eigenvalue weighted by molar-refractivity contribution is 5.94. The number of ether oxygens (including phenoxy) is 1. The number of hydrogen-bond donors (Lipinski definition) is 1. The van der Waals surface area contributed by atoms with Gasteiger partial charge in [-0.25, -0.2) is 4.98 Å². The summed E-state index contributed by atoms with van der Waals surface area (Å²) in [5.74, 6) is -0.659. The Hall–Kier alpha value is -4.01. The number of carbonyl (C=O) groups is 1. The number of aryl methyl sites for hydroxylation is 2. The summed E-state index contributed by atoms with van der Waals surface area (Å²) in [6.45, 7) is 0.582. The molecule has 0 aliphatic carbocycles. The lowest BCUT2D eigenvalue weighted by molar-refractivity contribution is -0.274. The summed E-state index contributed by atoms with van der Waals surface area (Å²) in [6.07, 6.45) is -1.60. The highest BCUT2D eigenvalue weighted by Gasteiger charge is 2.31. The van der Waals surface area contributed by atoms with E-state index in [1.54, 1.807) is 19.1 Å². The Morgan fingerprint density at radius 1 is 1.13 bits per heavy atom. The number of pyridine rings is 1. The molecule has 1 fully saturated rings. The molecule has 0 unspecified atom stereocenters. The molecule has 0 bridgehead atoms. The maximum Gasteiger partial charge on any atom is 0.573 e. The molecule has 5 rings (SSSR count). The van der Waals surface area contributed by atoms with Gasteiger partial charge in [0.15, 0.2) is 0 Å². The predicted molar refractivity (Wildman–Crippen MR) is 140 cm³/mol. The van der Waals surface area contributed by atoms with Crippen LogP contribution in [0.5, 0.6) is 5.75 Å². The average Bonchev–Trinajstić information content (AvgIpc) is 3.35. The van der Waals surface area contributed by atoms with E-state index in [2.05, 4.69) is 19.9 Å². The second-order valence-electron chi connectivity index (χ2n) is 9.29. The minimum atomic E-state index is -4.72. The summed E-state index contributed by atoms with van der Waals surface area (Å²) in [6, 6.07) is 13.3. The van der Waals surface area contributed by atoms with Gasteiger partial charge in [-0.1, -0.05) is 30.3 Å². The molecule has 1 amide bonds. The van der Waals surface area contributed by atoms with Crippen molar-refractivity contribution in [2.45, 2.75) is 45.4 Å². The van der Waals surface area contributed by atoms with Gasteiger partial charge in [0.05, 0.1) is 8.44 Å². The fraction of sp³-hybridized carbons (Fsp3) is 0.310. The lowest BCUT2D eigenvalue weighted by atomic mass is 9.89. The van der Waals surface area contributed by atoms with Crippen molar-refractivity contribution in [3.05, 3.63) is 94.9 Å². The Morgan fingerprint density at radius 3 is 2.50 bits per heavy atom. The first-order valence-electron chi connectivity index (χ1n) is 14.7. The van der Waals surface area contributed by atoms with E-state index in [0.717, 1.165) is 42.7 Å². The van der Waals surface area contributed by atoms with Crippen molar-refractivity contribution in [2.24, 2.45) is 0 Å². The van der Waals surface area contributed by atoms with E-state index in [9.17, 15) is 18.0 Å². The summed E-state index contributed by atoms with van der Waals surface area (Å²) in [7, 11) is 0. The number of amides is 1. The first-order chi connectivity index (χ1) is 20.2. The summed E-state index contributed by atoms with van der Waals surface area (Å²) >= 11 is 0. The van der Waals surface area contributed by atoms with Gasteiger partial charge in [-0.2, -0.15) is 0 Å². The van der Waals surface area contributed by atoms with Crippen molar-refractivity contribution in [1.82, 2.24) is 14.7 Å². The van der Waals surface area contributed by atoms with Crippen LogP contribution in [-0.4, -0.2) is 34.7 Å². The standard InChI is InChI=1S/C29H29F3N4O2/c1-19-3-12-26-34-20(2)27(36(26)18-19)28(37)33-17-21-4-8-24(9-5-21)35-15-13-23(14-16-35)22-6-10-25(11-7-22)38-29(30,31)32/h3-12,18,23H,13-17H2,1-2H3,(H,33,37)/i2D3,3D,12D. The minimum absolute atomic E-state index is 0.0625. The van der Waals surface area contributed by atoms with Crippen LogP contribution in [0.15, 0.2) is 66.8 Å². The van der Waals surface area contributed by atoms with E-state index in [0.29, 0.717) is 5.56 Å². The lowest BCUT2D eigenvalue weighted by Crippen LogP contribution is -2.32. The van der Waals surface area contributed by atoms with Crippen molar-refractivity contribution in [3.8, 4) is 5.75 Å². The van der Waals surface area contributed by atoms with Gasteiger partial charge in [-0.3, -0.25) is 9.20 Å². The Morgan fingerprint density at radius 2 is 1.84 bits per heavy atom. The SMILES string of the molecule is [2H]c1c(C)cn2c(C(=O)NCc3ccc(N4CCC(c5ccc(OC(F)(F)F)cc5)CC4)cc3)c(C([2H])([2H])[2H])nc2c1[2H]. The highest BCUT2D eigenvalue weighted by atomic mass is 19.4. The van der Waals surface area contributed by atoms with E-state index in [4.69, 9.17) is 6.85 Å². The molecule has 1 saturated heterocycles. The number of alkyl halides is 3. The summed E-state index contributed by atoms with van der Waals surface area (Å²) in [5, 5.41) is 2.76. The molecule has 3 heterocycles. The number of fused-ring (bicyclic) bond motifs is 1. The van der Waals surface area contributed by atoms with Crippen molar-refractivity contribution in [3.63, 3.8) is 0 Å². The van der Waals surface area contributed by atoms with Gasteiger partial charge < -0.3 is 15.0 Å². The molecule has 9 heteroatoms. The second kappa shape index (κ2) is 10.4. The molecule has 0 radical (unpaired) electrons. The van der Waals surface area contributed by atoms with E-state index in [1.165, 1.54) is 22.7 Å². The molecule has 1 aliphatic rings. The predicted octanol–water partition coefficient (Wildman–Crippen LogP) is 6.16. The van der Waals surface area contributed by atoms with Crippen LogP contribution in [0, 0.1) is 13.8 Å². The van der Waals surface area contributed by atoms with Gasteiger partial charge >= 0.3 is 6.36 Å². The average molecular weight is 528 g/mol. The first-order valence-corrected chi connectivity index (χ1v) is 12.2. The van der Waals surface area contributed by atoms with Crippen molar-refractivity contribution < 1.29 is 29.6 Å². The molecule has 0 spiro atoms. The molecule has 1 aliphatic heterocycles. The van der Waals surface area contributed by atoms with Crippen LogP contribution in [0.3, 0.4) is 0 Å². The minimum Gasteiger partial charge on any atom is -0.406 e. The number of aromatic nitrogens is 2. The van der Waals surface area contributed by atoms with Crippen molar-refractivity contribution in [2.75, 3.05) is 18.0 Å². The van der Waals surface area contributed by atoms with Gasteiger partial charge in [0.1, 0.15) is 17.1 Å². The van der Waals surface area contributed by atoms with Crippen molar-refractivity contribution >= 4 is 17.2 Å². The molecule has 2 aromatic heterocycles. The molecule has 198 valence electrons. The van der Waals surface area contributed by atoms with E-state index in [1.807, 2.05) is 24.3 Å². The van der Waals surface area contributed by atoms with Gasteiger partial charge in [0.25, 0.3) is 5.91 Å². The summed E-state index contributed by atoms with van der Waals surface area (Å²) in [4.78, 5) is 19.5. The zero-order chi connectivity index (χ0) is 31.1. The van der Waals surface area contributed by atoms with Crippen LogP contribution < -0.4 is 15.0 Å². The molecule has 38 heavy (non-hydrogen) atoms. The first kappa shape index (κ1) is 20.0. The van der Waals surface area contributed by atoms with Crippen LogP contribution in [0.2, 0.25) is 0 Å². The van der Waals surface area contributed by atoms with Gasteiger partial charge in [0.2, 0.25) is 0 Å². The fourth-order valence-corrected chi connectivity index (χ4v) is 4.75. The molecular formula is C29H29F3N4O2. The zero-order valence-corrected chi connectivity index (χ0v) is 20.6. The van der Waals surface area contributed by atoms with Crippen LogP contribution >= 0.6 is 0 Å². The van der Waals surface area contributed by atoms with E-state index >= 15 is 0 Å². The largest absolute Gasteiger partial charge is 0.573 e. The number of carbonyl (C=O) groups excluding carboxylic acids is 1. The van der Waals surface area contributed by atoms with Gasteiger partial charge in [-0.05, 0) is 79.5 Å². The van der Waals surface area contributed by atoms with Gasteiger partial charge in [0, 0.05) is 35.6 Å². The third kappa shape index (κ3) is 5.77. The third-order valence-corrected chi connectivity index (χ3v) is 6.65. The van der Waals surface area contributed by atoms with Crippen LogP contribution in [0.4, 0.5) is 18.9 Å². The van der Waals surface area contributed by atoms with E-state index < -0.39 is 24.8 Å². The van der Waals surface area contributed by atoms with Gasteiger partial charge in [-0.15, -0.1) is 13.2 Å². The zero-order valence-electron chi connectivity index (χ0n) is 25.6. The maximum absolute atomic E-state index is 13.2. The second-order valence-corrected chi connectivity index (χ2v) is 9.29. The number of nitrogens with zero attached hydrogens (tertiary/aromatic N) is 3. The quantitative estimate of drug-likeness (QED) is 0.326. The Balaban J connectivity index is 1.21. The maximum atomic E-state index is 13.2. The smallest absolute Gasteiger partial charge is 0.406 e. The number of imidazole rings is 1. The fourth-order valence-electron chi connectivity index (χ4n) is 4.75. The Bertz CT molecular complexity index is 1630. The van der Waals surface area contributed by atoms with Crippen LogP contribution in [-0.2, 0) is 6.54 Å². The number of halogens is 3. The number of benzene rings is 2. The highest BCUT2D eigenvalue weighted by Crippen LogP contribution is 2.32. The number of hydrogen-bond acceptors (Lipinski definition) is 4.